The highest BCUT2D eigenvalue weighted by atomic mass is 19.4. The highest BCUT2D eigenvalue weighted by Crippen LogP contribution is 2.31. The van der Waals surface area contributed by atoms with Crippen LogP contribution in [0.4, 0.5) is 18.9 Å². The molecule has 0 spiro atoms. The molecule has 0 bridgehead atoms. The summed E-state index contributed by atoms with van der Waals surface area (Å²) in [6.07, 6.45) is -3.68. The summed E-state index contributed by atoms with van der Waals surface area (Å²) < 4.78 is 38.4. The number of carbonyl (C=O) groups excluding carboxylic acids is 2. The third-order valence-corrected chi connectivity index (χ3v) is 4.78. The van der Waals surface area contributed by atoms with Crippen LogP contribution in [-0.4, -0.2) is 18.4 Å². The van der Waals surface area contributed by atoms with Gasteiger partial charge in [0.2, 0.25) is 5.91 Å². The van der Waals surface area contributed by atoms with Crippen LogP contribution in [0.5, 0.6) is 0 Å². The Kier molecular flexibility index (Phi) is 6.74. The van der Waals surface area contributed by atoms with Crippen LogP contribution in [0.1, 0.15) is 28.4 Å². The minimum Gasteiger partial charge on any atom is -0.343 e. The standard InChI is InChI=1S/C24H21F3N2O2/c1-2-16-7-3-6-10-21(16)29-22(30)15-28-23(31)20-9-5-4-8-19(20)17-11-13-18(14-12-17)24(25,26)27/h3-14H,2,15H2,1H3,(H,28,31)(H,29,30). The molecule has 0 aliphatic heterocycles. The number of benzene rings is 3. The van der Waals surface area contributed by atoms with Gasteiger partial charge >= 0.3 is 6.18 Å². The van der Waals surface area contributed by atoms with E-state index < -0.39 is 17.6 Å². The first-order valence-corrected chi connectivity index (χ1v) is 9.72. The second-order valence-electron chi connectivity index (χ2n) is 6.86. The molecule has 7 heteroatoms. The zero-order chi connectivity index (χ0) is 22.4. The van der Waals surface area contributed by atoms with Gasteiger partial charge in [-0.2, -0.15) is 13.2 Å². The van der Waals surface area contributed by atoms with Gasteiger partial charge in [0.15, 0.2) is 0 Å². The molecule has 0 unspecified atom stereocenters. The van der Waals surface area contributed by atoms with Crippen molar-refractivity contribution in [1.29, 1.82) is 0 Å². The number of halogens is 3. The summed E-state index contributed by atoms with van der Waals surface area (Å²) in [5, 5.41) is 5.35. The smallest absolute Gasteiger partial charge is 0.343 e. The van der Waals surface area contributed by atoms with E-state index in [1.807, 2.05) is 25.1 Å². The predicted octanol–water partition coefficient (Wildman–Crippen LogP) is 5.30. The molecule has 0 heterocycles. The number of alkyl halides is 3. The van der Waals surface area contributed by atoms with Crippen LogP contribution >= 0.6 is 0 Å². The highest BCUT2D eigenvalue weighted by molar-refractivity contribution is 6.03. The van der Waals surface area contributed by atoms with E-state index in [9.17, 15) is 22.8 Å². The van der Waals surface area contributed by atoms with E-state index in [0.717, 1.165) is 24.1 Å². The van der Waals surface area contributed by atoms with Gasteiger partial charge in [-0.15, -0.1) is 0 Å². The van der Waals surface area contributed by atoms with Crippen molar-refractivity contribution in [3.05, 3.63) is 89.5 Å². The molecule has 160 valence electrons. The van der Waals surface area contributed by atoms with Crippen LogP contribution < -0.4 is 10.6 Å². The molecule has 2 amide bonds. The molecule has 0 radical (unpaired) electrons. The summed E-state index contributed by atoms with van der Waals surface area (Å²) in [6.45, 7) is 1.74. The van der Waals surface area contributed by atoms with E-state index in [4.69, 9.17) is 0 Å². The molecule has 3 aromatic rings. The van der Waals surface area contributed by atoms with Gasteiger partial charge in [0.25, 0.3) is 5.91 Å². The molecular weight excluding hydrogens is 405 g/mol. The quantitative estimate of drug-likeness (QED) is 0.562. The van der Waals surface area contributed by atoms with E-state index in [1.165, 1.54) is 12.1 Å². The summed E-state index contributed by atoms with van der Waals surface area (Å²) >= 11 is 0. The molecule has 2 N–H and O–H groups in total. The summed E-state index contributed by atoms with van der Waals surface area (Å²) in [6, 6.07) is 18.5. The Bertz CT molecular complexity index is 1080. The third-order valence-electron chi connectivity index (χ3n) is 4.78. The molecule has 0 aliphatic rings. The van der Waals surface area contributed by atoms with Crippen LogP contribution in [0.2, 0.25) is 0 Å². The molecule has 0 saturated carbocycles. The fraction of sp³-hybridized carbons (Fsp3) is 0.167. The number of hydrogen-bond donors (Lipinski definition) is 2. The Morgan fingerprint density at radius 3 is 2.19 bits per heavy atom. The Morgan fingerprint density at radius 2 is 1.52 bits per heavy atom. The first-order chi connectivity index (χ1) is 14.8. The van der Waals surface area contributed by atoms with Gasteiger partial charge in [-0.3, -0.25) is 9.59 Å². The van der Waals surface area contributed by atoms with Gasteiger partial charge in [-0.25, -0.2) is 0 Å². The second-order valence-corrected chi connectivity index (χ2v) is 6.86. The molecule has 0 aromatic heterocycles. The number of hydrogen-bond acceptors (Lipinski definition) is 2. The average Bonchev–Trinajstić information content (AvgIpc) is 2.77. The lowest BCUT2D eigenvalue weighted by atomic mass is 9.98. The maximum Gasteiger partial charge on any atom is 0.416 e. The lowest BCUT2D eigenvalue weighted by molar-refractivity contribution is -0.137. The average molecular weight is 426 g/mol. The molecule has 0 atom stereocenters. The van der Waals surface area contributed by atoms with Crippen LogP contribution in [0, 0.1) is 0 Å². The van der Waals surface area contributed by atoms with Crippen molar-refractivity contribution >= 4 is 17.5 Å². The van der Waals surface area contributed by atoms with Crippen LogP contribution in [-0.2, 0) is 17.4 Å². The molecule has 3 aromatic carbocycles. The number of aryl methyl sites for hydroxylation is 1. The molecule has 0 saturated heterocycles. The van der Waals surface area contributed by atoms with Gasteiger partial charge in [0.05, 0.1) is 12.1 Å². The summed E-state index contributed by atoms with van der Waals surface area (Å²) in [5.74, 6) is -0.865. The van der Waals surface area contributed by atoms with Gasteiger partial charge in [0, 0.05) is 11.3 Å². The first kappa shape index (κ1) is 22.1. The third kappa shape index (κ3) is 5.51. The topological polar surface area (TPSA) is 58.2 Å². The van der Waals surface area contributed by atoms with E-state index in [2.05, 4.69) is 10.6 Å². The van der Waals surface area contributed by atoms with E-state index in [0.29, 0.717) is 16.8 Å². The Hall–Kier alpha value is -3.61. The van der Waals surface area contributed by atoms with Crippen LogP contribution in [0.15, 0.2) is 72.8 Å². The van der Waals surface area contributed by atoms with Crippen LogP contribution in [0.3, 0.4) is 0 Å². The van der Waals surface area contributed by atoms with Gasteiger partial charge in [0.1, 0.15) is 0 Å². The normalized spacial score (nSPS) is 11.1. The predicted molar refractivity (Wildman–Crippen MR) is 114 cm³/mol. The summed E-state index contributed by atoms with van der Waals surface area (Å²) in [5.41, 5.74) is 2.13. The molecule has 31 heavy (non-hydrogen) atoms. The lowest BCUT2D eigenvalue weighted by Crippen LogP contribution is -2.33. The van der Waals surface area contributed by atoms with Crippen molar-refractivity contribution < 1.29 is 22.8 Å². The number of carbonyl (C=O) groups is 2. The lowest BCUT2D eigenvalue weighted by Gasteiger charge is -2.13. The Labute approximate surface area is 178 Å². The van der Waals surface area contributed by atoms with E-state index in [-0.39, 0.29) is 18.0 Å². The monoisotopic (exact) mass is 426 g/mol. The van der Waals surface area contributed by atoms with E-state index in [1.54, 1.807) is 30.3 Å². The first-order valence-electron chi connectivity index (χ1n) is 9.72. The maximum atomic E-state index is 12.8. The molecule has 4 nitrogen and oxygen atoms in total. The van der Waals surface area contributed by atoms with Crippen molar-refractivity contribution in [3.63, 3.8) is 0 Å². The van der Waals surface area contributed by atoms with Gasteiger partial charge in [-0.05, 0) is 47.4 Å². The second kappa shape index (κ2) is 9.47. The fourth-order valence-corrected chi connectivity index (χ4v) is 3.17. The summed E-state index contributed by atoms with van der Waals surface area (Å²) in [7, 11) is 0. The highest BCUT2D eigenvalue weighted by Gasteiger charge is 2.30. The van der Waals surface area contributed by atoms with Gasteiger partial charge < -0.3 is 10.6 Å². The minimum atomic E-state index is -4.43. The zero-order valence-electron chi connectivity index (χ0n) is 16.8. The van der Waals surface area contributed by atoms with Crippen molar-refractivity contribution in [2.24, 2.45) is 0 Å². The van der Waals surface area contributed by atoms with Gasteiger partial charge in [-0.1, -0.05) is 55.5 Å². The largest absolute Gasteiger partial charge is 0.416 e. The number of anilines is 1. The Morgan fingerprint density at radius 1 is 0.871 bits per heavy atom. The molecule has 0 fully saturated rings. The molecular formula is C24H21F3N2O2. The van der Waals surface area contributed by atoms with Crippen molar-refractivity contribution in [2.45, 2.75) is 19.5 Å². The number of nitrogens with one attached hydrogen (secondary N) is 2. The van der Waals surface area contributed by atoms with Crippen LogP contribution in [0.25, 0.3) is 11.1 Å². The van der Waals surface area contributed by atoms with Crippen molar-refractivity contribution in [2.75, 3.05) is 11.9 Å². The zero-order valence-corrected chi connectivity index (χ0v) is 16.8. The SMILES string of the molecule is CCc1ccccc1NC(=O)CNC(=O)c1ccccc1-c1ccc(C(F)(F)F)cc1. The Balaban J connectivity index is 1.71. The number of para-hydroxylation sites is 1. The molecule has 3 rings (SSSR count). The van der Waals surface area contributed by atoms with E-state index >= 15 is 0 Å². The van der Waals surface area contributed by atoms with Crippen molar-refractivity contribution in [1.82, 2.24) is 5.32 Å². The maximum absolute atomic E-state index is 12.8. The number of rotatable bonds is 6. The molecule has 0 aliphatic carbocycles. The fourth-order valence-electron chi connectivity index (χ4n) is 3.17. The van der Waals surface area contributed by atoms with Crippen molar-refractivity contribution in [3.8, 4) is 11.1 Å². The minimum absolute atomic E-state index is 0.238. The number of amides is 2. The summed E-state index contributed by atoms with van der Waals surface area (Å²) in [4.78, 5) is 24.9.